The topological polar surface area (TPSA) is 97.0 Å². The first-order valence-electron chi connectivity index (χ1n) is 3.91. The Bertz CT molecular complexity index is 464. The Labute approximate surface area is 79.1 Å². The lowest BCUT2D eigenvalue weighted by Crippen LogP contribution is -1.85. The third-order valence-corrected chi connectivity index (χ3v) is 1.73. The Morgan fingerprint density at radius 3 is 2.86 bits per heavy atom. The first-order chi connectivity index (χ1) is 6.79. The molecule has 2 rings (SSSR count). The van der Waals surface area contributed by atoms with Gasteiger partial charge in [-0.15, -0.1) is 15.1 Å². The average molecular weight is 189 g/mol. The number of nitroso groups, excluding NO2 is 1. The van der Waals surface area contributed by atoms with Crippen LogP contribution < -0.4 is 5.73 Å². The Hall–Kier alpha value is -2.24. The lowest BCUT2D eigenvalue weighted by molar-refractivity contribution is 1.10. The van der Waals surface area contributed by atoms with Crippen LogP contribution in [0.5, 0.6) is 0 Å². The maximum atomic E-state index is 10.3. The number of anilines is 1. The van der Waals surface area contributed by atoms with E-state index in [4.69, 9.17) is 5.73 Å². The minimum absolute atomic E-state index is 0.240. The van der Waals surface area contributed by atoms with Crippen LogP contribution in [-0.4, -0.2) is 15.2 Å². The van der Waals surface area contributed by atoms with Gasteiger partial charge in [-0.05, 0) is 17.3 Å². The molecule has 14 heavy (non-hydrogen) atoms. The van der Waals surface area contributed by atoms with Gasteiger partial charge in [-0.25, -0.2) is 0 Å². The second-order valence-corrected chi connectivity index (χ2v) is 2.70. The summed E-state index contributed by atoms with van der Waals surface area (Å²) in [5.41, 5.74) is 6.45. The van der Waals surface area contributed by atoms with E-state index in [0.29, 0.717) is 11.5 Å². The summed E-state index contributed by atoms with van der Waals surface area (Å²) in [6.45, 7) is 0. The number of aromatic amines is 1. The molecule has 70 valence electrons. The molecule has 0 radical (unpaired) electrons. The van der Waals surface area contributed by atoms with Crippen LogP contribution in [0.1, 0.15) is 0 Å². The molecular formula is C8H7N5O. The van der Waals surface area contributed by atoms with Crippen LogP contribution in [-0.2, 0) is 0 Å². The number of aromatic nitrogens is 3. The van der Waals surface area contributed by atoms with Gasteiger partial charge in [0.2, 0.25) is 5.95 Å². The van der Waals surface area contributed by atoms with Gasteiger partial charge in [-0.3, -0.25) is 0 Å². The zero-order chi connectivity index (χ0) is 9.97. The molecule has 0 atom stereocenters. The first kappa shape index (κ1) is 8.36. The predicted molar refractivity (Wildman–Crippen MR) is 51.7 cm³/mol. The van der Waals surface area contributed by atoms with Crippen molar-refractivity contribution in [1.29, 1.82) is 0 Å². The minimum atomic E-state index is 0.240. The highest BCUT2D eigenvalue weighted by atomic mass is 16.3. The van der Waals surface area contributed by atoms with Crippen molar-refractivity contribution in [3.05, 3.63) is 29.2 Å². The number of nitrogens with zero attached hydrogens (tertiary/aromatic N) is 3. The molecule has 6 nitrogen and oxygen atoms in total. The van der Waals surface area contributed by atoms with Gasteiger partial charge >= 0.3 is 0 Å². The highest BCUT2D eigenvalue weighted by Crippen LogP contribution is 2.20. The number of nitrogen functional groups attached to an aromatic ring is 1. The lowest BCUT2D eigenvalue weighted by atomic mass is 10.2. The van der Waals surface area contributed by atoms with Gasteiger partial charge in [-0.2, -0.15) is 0 Å². The van der Waals surface area contributed by atoms with Crippen LogP contribution >= 0.6 is 0 Å². The van der Waals surface area contributed by atoms with Gasteiger partial charge < -0.3 is 10.7 Å². The second kappa shape index (κ2) is 3.25. The monoisotopic (exact) mass is 189 g/mol. The Morgan fingerprint density at radius 2 is 2.21 bits per heavy atom. The van der Waals surface area contributed by atoms with Crippen LogP contribution in [0.4, 0.5) is 11.6 Å². The minimum Gasteiger partial charge on any atom is -0.368 e. The quantitative estimate of drug-likeness (QED) is 0.698. The van der Waals surface area contributed by atoms with E-state index in [2.05, 4.69) is 20.4 Å². The number of nitrogens with two attached hydrogens (primary N) is 1. The number of hydrogen-bond acceptors (Lipinski definition) is 5. The van der Waals surface area contributed by atoms with Crippen molar-refractivity contribution in [2.75, 3.05) is 5.73 Å². The lowest BCUT2D eigenvalue weighted by Gasteiger charge is -1.94. The summed E-state index contributed by atoms with van der Waals surface area (Å²) in [5.74, 6) is 0.762. The molecule has 6 heteroatoms. The van der Waals surface area contributed by atoms with Crippen LogP contribution in [0.3, 0.4) is 0 Å². The molecule has 0 aliphatic carbocycles. The van der Waals surface area contributed by atoms with Gasteiger partial charge in [0.1, 0.15) is 5.69 Å². The molecule has 1 aromatic carbocycles. The van der Waals surface area contributed by atoms with Gasteiger partial charge in [0.15, 0.2) is 5.82 Å². The van der Waals surface area contributed by atoms with E-state index >= 15 is 0 Å². The zero-order valence-corrected chi connectivity index (χ0v) is 7.14. The summed E-state index contributed by atoms with van der Waals surface area (Å²) in [5, 5.41) is 10.2. The van der Waals surface area contributed by atoms with E-state index in [0.717, 1.165) is 5.56 Å². The number of nitrogens with one attached hydrogen (secondary N) is 1. The Morgan fingerprint density at radius 1 is 1.36 bits per heavy atom. The van der Waals surface area contributed by atoms with Crippen molar-refractivity contribution in [3.63, 3.8) is 0 Å². The third kappa shape index (κ3) is 1.45. The smallest absolute Gasteiger partial charge is 0.219 e. The summed E-state index contributed by atoms with van der Waals surface area (Å²) >= 11 is 0. The van der Waals surface area contributed by atoms with Gasteiger partial charge in [0, 0.05) is 5.56 Å². The Kier molecular flexibility index (Phi) is 1.94. The molecule has 3 N–H and O–H groups in total. The standard InChI is InChI=1S/C8H7N5O/c9-8-10-7(11-12-8)5-2-1-3-6(4-5)13-14/h1-4H,(H3,9,10,11,12). The normalized spacial score (nSPS) is 10.0. The van der Waals surface area contributed by atoms with E-state index in [1.165, 1.54) is 0 Å². The fourth-order valence-corrected chi connectivity index (χ4v) is 1.12. The molecule has 0 aliphatic rings. The molecule has 0 spiro atoms. The second-order valence-electron chi connectivity index (χ2n) is 2.70. The van der Waals surface area contributed by atoms with E-state index in [1.54, 1.807) is 24.3 Å². The number of H-pyrrole nitrogens is 1. The largest absolute Gasteiger partial charge is 0.368 e. The molecule has 1 aromatic heterocycles. The van der Waals surface area contributed by atoms with Crippen LogP contribution in [0.25, 0.3) is 11.4 Å². The van der Waals surface area contributed by atoms with Crippen molar-refractivity contribution in [1.82, 2.24) is 15.2 Å². The molecule has 0 saturated carbocycles. The van der Waals surface area contributed by atoms with Gasteiger partial charge in [0.05, 0.1) is 0 Å². The maximum absolute atomic E-state index is 10.3. The van der Waals surface area contributed by atoms with Crippen molar-refractivity contribution in [2.45, 2.75) is 0 Å². The summed E-state index contributed by atoms with van der Waals surface area (Å²) in [6.07, 6.45) is 0. The summed E-state index contributed by atoms with van der Waals surface area (Å²) < 4.78 is 0. The summed E-state index contributed by atoms with van der Waals surface area (Å²) in [6, 6.07) is 6.71. The molecule has 1 heterocycles. The molecule has 0 aliphatic heterocycles. The van der Waals surface area contributed by atoms with Crippen molar-refractivity contribution in [3.8, 4) is 11.4 Å². The number of hydrogen-bond donors (Lipinski definition) is 2. The van der Waals surface area contributed by atoms with Gasteiger partial charge in [0.25, 0.3) is 0 Å². The predicted octanol–water partition coefficient (Wildman–Crippen LogP) is 1.45. The molecule has 2 aromatic rings. The van der Waals surface area contributed by atoms with E-state index < -0.39 is 0 Å². The molecule has 0 amide bonds. The SMILES string of the molecule is Nc1nnc(-c2cccc(N=O)c2)[nH]1. The van der Waals surface area contributed by atoms with E-state index in [9.17, 15) is 4.91 Å². The zero-order valence-electron chi connectivity index (χ0n) is 7.14. The summed E-state index contributed by atoms with van der Waals surface area (Å²) in [7, 11) is 0. The average Bonchev–Trinajstić information content (AvgIpc) is 2.65. The summed E-state index contributed by atoms with van der Waals surface area (Å²) in [4.78, 5) is 13.0. The van der Waals surface area contributed by atoms with E-state index in [1.807, 2.05) is 0 Å². The maximum Gasteiger partial charge on any atom is 0.219 e. The van der Waals surface area contributed by atoms with Gasteiger partial charge in [-0.1, -0.05) is 12.1 Å². The van der Waals surface area contributed by atoms with Crippen LogP contribution in [0.15, 0.2) is 29.4 Å². The molecule has 0 saturated heterocycles. The molecule has 0 unspecified atom stereocenters. The Balaban J connectivity index is 2.46. The van der Waals surface area contributed by atoms with Crippen LogP contribution in [0.2, 0.25) is 0 Å². The fourth-order valence-electron chi connectivity index (χ4n) is 1.12. The fraction of sp³-hybridized carbons (Fsp3) is 0. The third-order valence-electron chi connectivity index (χ3n) is 1.73. The highest BCUT2D eigenvalue weighted by Gasteiger charge is 2.03. The molecular weight excluding hydrogens is 182 g/mol. The van der Waals surface area contributed by atoms with Crippen LogP contribution in [0, 0.1) is 4.91 Å². The first-order valence-corrected chi connectivity index (χ1v) is 3.91. The van der Waals surface area contributed by atoms with E-state index in [-0.39, 0.29) is 5.95 Å². The van der Waals surface area contributed by atoms with Crippen molar-refractivity contribution < 1.29 is 0 Å². The number of rotatable bonds is 2. The van der Waals surface area contributed by atoms with Crippen molar-refractivity contribution in [2.24, 2.45) is 5.18 Å². The van der Waals surface area contributed by atoms with Crippen molar-refractivity contribution >= 4 is 11.6 Å². The molecule has 0 bridgehead atoms. The number of benzene rings is 1. The molecule has 0 fully saturated rings. The highest BCUT2D eigenvalue weighted by molar-refractivity contribution is 5.61.